The van der Waals surface area contributed by atoms with Crippen LogP contribution in [0.2, 0.25) is 0 Å². The number of aromatic nitrogens is 4. The molecule has 0 amide bonds. The lowest BCUT2D eigenvalue weighted by Gasteiger charge is -2.08. The van der Waals surface area contributed by atoms with Gasteiger partial charge in [0.15, 0.2) is 5.82 Å². The lowest BCUT2D eigenvalue weighted by atomic mass is 10.3. The van der Waals surface area contributed by atoms with Crippen LogP contribution in [0.25, 0.3) is 11.5 Å². The molecular weight excluding hydrogens is 306 g/mol. The smallest absolute Gasteiger partial charge is 0.245 e. The maximum atomic E-state index is 11.9. The van der Waals surface area contributed by atoms with Crippen LogP contribution in [0.4, 0.5) is 0 Å². The quantitative estimate of drug-likeness (QED) is 0.724. The van der Waals surface area contributed by atoms with E-state index >= 15 is 0 Å². The maximum Gasteiger partial charge on any atom is 0.245 e. The number of rotatable bonds is 6. The lowest BCUT2D eigenvalue weighted by Crippen LogP contribution is -2.27. The molecule has 0 bridgehead atoms. The molecule has 0 saturated carbocycles. The van der Waals surface area contributed by atoms with Gasteiger partial charge in [-0.2, -0.15) is 0 Å². The second kappa shape index (κ2) is 6.08. The summed E-state index contributed by atoms with van der Waals surface area (Å²) in [5.41, 5.74) is 0.731. The average Bonchev–Trinajstić information content (AvgIpc) is 3.20. The van der Waals surface area contributed by atoms with E-state index in [0.717, 1.165) is 18.2 Å². The minimum atomic E-state index is -3.60. The molecule has 3 aromatic heterocycles. The fraction of sp³-hybridized carbons (Fsp3) is 0.154. The minimum absolute atomic E-state index is 0.00285. The predicted octanol–water partition coefficient (Wildman–Crippen LogP) is 0.912. The molecule has 0 saturated heterocycles. The van der Waals surface area contributed by atoms with Crippen LogP contribution in [0, 0.1) is 0 Å². The fourth-order valence-corrected chi connectivity index (χ4v) is 2.81. The number of nitrogens with zero attached hydrogens (tertiary/aromatic N) is 4. The van der Waals surface area contributed by atoms with Gasteiger partial charge in [0.1, 0.15) is 16.9 Å². The molecule has 0 aliphatic rings. The molecule has 9 heteroatoms. The first-order valence-electron chi connectivity index (χ1n) is 6.48. The average molecular weight is 319 g/mol. The molecule has 1 N–H and O–H groups in total. The molecule has 0 atom stereocenters. The Morgan fingerprint density at radius 2 is 2.14 bits per heavy atom. The van der Waals surface area contributed by atoms with Gasteiger partial charge in [-0.1, -0.05) is 11.2 Å². The highest BCUT2D eigenvalue weighted by Crippen LogP contribution is 2.13. The van der Waals surface area contributed by atoms with E-state index in [1.54, 1.807) is 18.6 Å². The Kier molecular flexibility index (Phi) is 3.98. The van der Waals surface area contributed by atoms with Crippen molar-refractivity contribution in [2.75, 3.05) is 6.54 Å². The van der Waals surface area contributed by atoms with Crippen LogP contribution < -0.4 is 4.72 Å². The fourth-order valence-electron chi connectivity index (χ4n) is 1.93. The summed E-state index contributed by atoms with van der Waals surface area (Å²) >= 11 is 0. The summed E-state index contributed by atoms with van der Waals surface area (Å²) in [6.45, 7) is 0.639. The summed E-state index contributed by atoms with van der Waals surface area (Å²) in [6.07, 6.45) is 7.34. The summed E-state index contributed by atoms with van der Waals surface area (Å²) in [5, 5.41) is 3.38. The van der Waals surface area contributed by atoms with Gasteiger partial charge in [0, 0.05) is 31.7 Å². The first-order chi connectivity index (χ1) is 10.7. The van der Waals surface area contributed by atoms with Crippen molar-refractivity contribution in [1.29, 1.82) is 0 Å². The van der Waals surface area contributed by atoms with Gasteiger partial charge in [0.2, 0.25) is 10.0 Å². The molecule has 0 aliphatic carbocycles. The number of sulfonamides is 1. The Labute approximate surface area is 126 Å². The van der Waals surface area contributed by atoms with Crippen molar-refractivity contribution in [2.45, 2.75) is 11.4 Å². The normalized spacial score (nSPS) is 11.6. The largest absolute Gasteiger partial charge is 0.363 e. The van der Waals surface area contributed by atoms with Gasteiger partial charge in [-0.25, -0.2) is 18.1 Å². The first kappa shape index (κ1) is 14.4. The topological polar surface area (TPSA) is 103 Å². The molecule has 3 aromatic rings. The number of hydrogen-bond acceptors (Lipinski definition) is 6. The molecule has 0 aliphatic heterocycles. The van der Waals surface area contributed by atoms with Gasteiger partial charge in [-0.3, -0.25) is 4.98 Å². The van der Waals surface area contributed by atoms with Crippen LogP contribution >= 0.6 is 0 Å². The van der Waals surface area contributed by atoms with Crippen molar-refractivity contribution in [3.8, 4) is 11.5 Å². The van der Waals surface area contributed by atoms with Crippen LogP contribution in [-0.4, -0.2) is 34.7 Å². The number of pyridine rings is 1. The molecule has 8 nitrogen and oxygen atoms in total. The van der Waals surface area contributed by atoms with Crippen LogP contribution in [0.1, 0.15) is 0 Å². The number of nitrogens with one attached hydrogen (secondary N) is 1. The van der Waals surface area contributed by atoms with E-state index in [9.17, 15) is 8.42 Å². The first-order valence-corrected chi connectivity index (χ1v) is 7.97. The molecule has 114 valence electrons. The highest BCUT2D eigenvalue weighted by Gasteiger charge is 2.16. The van der Waals surface area contributed by atoms with Crippen LogP contribution in [0.15, 0.2) is 58.7 Å². The van der Waals surface area contributed by atoms with Crippen LogP contribution in [-0.2, 0) is 16.6 Å². The van der Waals surface area contributed by atoms with Gasteiger partial charge in [0.25, 0.3) is 0 Å². The molecule has 3 rings (SSSR count). The van der Waals surface area contributed by atoms with E-state index in [1.807, 2.05) is 22.8 Å². The number of imidazole rings is 1. The number of hydrogen-bond donors (Lipinski definition) is 1. The van der Waals surface area contributed by atoms with Gasteiger partial charge < -0.3 is 9.09 Å². The zero-order chi connectivity index (χ0) is 15.4. The summed E-state index contributed by atoms with van der Waals surface area (Å²) < 4.78 is 32.7. The monoisotopic (exact) mass is 319 g/mol. The van der Waals surface area contributed by atoms with E-state index in [1.165, 1.54) is 0 Å². The van der Waals surface area contributed by atoms with Crippen molar-refractivity contribution in [2.24, 2.45) is 0 Å². The maximum absolute atomic E-state index is 11.9. The standard InChI is InChI=1S/C13H13N5O3S/c19-22(20,11-9-16-21-10-11)17-6-8-18-7-5-15-13(18)12-3-1-2-4-14-12/h1-5,7,9-10,17H,6,8H2. The van der Waals surface area contributed by atoms with E-state index < -0.39 is 10.0 Å². The van der Waals surface area contributed by atoms with Gasteiger partial charge >= 0.3 is 0 Å². The van der Waals surface area contributed by atoms with E-state index in [0.29, 0.717) is 12.4 Å². The molecular formula is C13H13N5O3S. The van der Waals surface area contributed by atoms with Crippen LogP contribution in [0.5, 0.6) is 0 Å². The van der Waals surface area contributed by atoms with Crippen LogP contribution in [0.3, 0.4) is 0 Å². The zero-order valence-corrected chi connectivity index (χ0v) is 12.3. The van der Waals surface area contributed by atoms with Crippen molar-refractivity contribution in [1.82, 2.24) is 24.4 Å². The molecule has 0 spiro atoms. The minimum Gasteiger partial charge on any atom is -0.363 e. The predicted molar refractivity (Wildman–Crippen MR) is 77.1 cm³/mol. The van der Waals surface area contributed by atoms with E-state index in [2.05, 4.69) is 24.4 Å². The molecule has 0 fully saturated rings. The van der Waals surface area contributed by atoms with Crippen molar-refractivity contribution in [3.63, 3.8) is 0 Å². The Bertz CT molecular complexity index is 828. The summed E-state index contributed by atoms with van der Waals surface area (Å²) in [6, 6.07) is 5.54. The Morgan fingerprint density at radius 3 is 2.86 bits per heavy atom. The molecule has 0 radical (unpaired) electrons. The van der Waals surface area contributed by atoms with Crippen molar-refractivity contribution in [3.05, 3.63) is 49.2 Å². The van der Waals surface area contributed by atoms with Crippen molar-refractivity contribution < 1.29 is 12.9 Å². The Balaban J connectivity index is 1.67. The zero-order valence-electron chi connectivity index (χ0n) is 11.5. The second-order valence-electron chi connectivity index (χ2n) is 4.42. The van der Waals surface area contributed by atoms with Crippen molar-refractivity contribution >= 4 is 10.0 Å². The van der Waals surface area contributed by atoms with E-state index in [-0.39, 0.29) is 11.4 Å². The molecule has 22 heavy (non-hydrogen) atoms. The van der Waals surface area contributed by atoms with E-state index in [4.69, 9.17) is 0 Å². The third kappa shape index (κ3) is 3.05. The third-order valence-corrected chi connectivity index (χ3v) is 4.38. The lowest BCUT2D eigenvalue weighted by molar-refractivity contribution is 0.417. The Morgan fingerprint density at radius 1 is 1.23 bits per heavy atom. The second-order valence-corrected chi connectivity index (χ2v) is 6.18. The van der Waals surface area contributed by atoms with Gasteiger partial charge in [0.05, 0.1) is 6.20 Å². The van der Waals surface area contributed by atoms with Gasteiger partial charge in [-0.15, -0.1) is 0 Å². The SMILES string of the molecule is O=S(=O)(NCCn1ccnc1-c1ccccn1)c1cnoc1. The highest BCUT2D eigenvalue weighted by atomic mass is 32.2. The summed E-state index contributed by atoms with van der Waals surface area (Å²) in [4.78, 5) is 8.49. The molecule has 0 unspecified atom stereocenters. The highest BCUT2D eigenvalue weighted by molar-refractivity contribution is 7.89. The molecule has 3 heterocycles. The Hall–Kier alpha value is -2.52. The molecule has 0 aromatic carbocycles. The summed E-state index contributed by atoms with van der Waals surface area (Å²) in [5.74, 6) is 0.685. The summed E-state index contributed by atoms with van der Waals surface area (Å²) in [7, 11) is -3.60. The third-order valence-electron chi connectivity index (χ3n) is 2.97. The van der Waals surface area contributed by atoms with Gasteiger partial charge in [-0.05, 0) is 12.1 Å².